The van der Waals surface area contributed by atoms with Gasteiger partial charge in [0.25, 0.3) is 0 Å². The van der Waals surface area contributed by atoms with Gasteiger partial charge in [-0.15, -0.1) is 11.8 Å². The number of carbonyl (C=O) groups excluding carboxylic acids is 2. The molecule has 1 saturated carbocycles. The molecule has 2 aromatic rings. The summed E-state index contributed by atoms with van der Waals surface area (Å²) in [6.45, 7) is 1.82. The Morgan fingerprint density at radius 2 is 1.72 bits per heavy atom. The molecule has 1 aliphatic rings. The van der Waals surface area contributed by atoms with E-state index in [-0.39, 0.29) is 23.0 Å². The van der Waals surface area contributed by atoms with Crippen molar-refractivity contribution in [2.24, 2.45) is 5.92 Å². The molecule has 6 nitrogen and oxygen atoms in total. The van der Waals surface area contributed by atoms with Gasteiger partial charge in [0.15, 0.2) is 0 Å². The van der Waals surface area contributed by atoms with Crippen LogP contribution in [0.1, 0.15) is 19.8 Å². The number of thioether (sulfide) groups is 1. The van der Waals surface area contributed by atoms with Crippen molar-refractivity contribution in [2.75, 3.05) is 24.9 Å². The Balaban J connectivity index is 1.60. The van der Waals surface area contributed by atoms with E-state index in [9.17, 15) is 9.59 Å². The minimum Gasteiger partial charge on any atom is -0.495 e. The highest BCUT2D eigenvalue weighted by atomic mass is 35.5. The van der Waals surface area contributed by atoms with E-state index in [0.29, 0.717) is 22.2 Å². The zero-order chi connectivity index (χ0) is 21.0. The van der Waals surface area contributed by atoms with E-state index in [1.807, 2.05) is 31.2 Å². The number of rotatable bonds is 8. The molecule has 8 heteroatoms. The topological polar surface area (TPSA) is 76.7 Å². The largest absolute Gasteiger partial charge is 0.495 e. The molecular weight excluding hydrogens is 412 g/mol. The van der Waals surface area contributed by atoms with Crippen LogP contribution in [0.2, 0.25) is 5.02 Å². The normalized spacial score (nSPS) is 14.1. The SMILES string of the molecule is COc1cc(OC)c(NC(=O)C(C)Sc2ccc(NC(=O)C3CC3)cc2)cc1Cl. The molecule has 3 rings (SSSR count). The van der Waals surface area contributed by atoms with Gasteiger partial charge in [-0.05, 0) is 50.1 Å². The Bertz CT molecular complexity index is 900. The van der Waals surface area contributed by atoms with E-state index in [4.69, 9.17) is 21.1 Å². The average Bonchev–Trinajstić information content (AvgIpc) is 3.55. The summed E-state index contributed by atoms with van der Waals surface area (Å²) in [5.74, 6) is 0.993. The average molecular weight is 435 g/mol. The summed E-state index contributed by atoms with van der Waals surface area (Å²) in [5, 5.41) is 5.78. The van der Waals surface area contributed by atoms with E-state index >= 15 is 0 Å². The zero-order valence-corrected chi connectivity index (χ0v) is 18.0. The Morgan fingerprint density at radius 3 is 2.31 bits per heavy atom. The molecule has 1 aliphatic carbocycles. The number of amides is 2. The zero-order valence-electron chi connectivity index (χ0n) is 16.5. The van der Waals surface area contributed by atoms with Gasteiger partial charge in [0.2, 0.25) is 11.8 Å². The number of anilines is 2. The van der Waals surface area contributed by atoms with Crippen LogP contribution in [-0.2, 0) is 9.59 Å². The second-order valence-electron chi connectivity index (χ2n) is 6.72. The molecule has 29 heavy (non-hydrogen) atoms. The number of benzene rings is 2. The summed E-state index contributed by atoms with van der Waals surface area (Å²) in [6, 6.07) is 10.7. The number of nitrogens with one attached hydrogen (secondary N) is 2. The maximum Gasteiger partial charge on any atom is 0.237 e. The van der Waals surface area contributed by atoms with Crippen molar-refractivity contribution in [3.63, 3.8) is 0 Å². The van der Waals surface area contributed by atoms with Gasteiger partial charge in [0.1, 0.15) is 11.5 Å². The lowest BCUT2D eigenvalue weighted by atomic mass is 10.2. The second-order valence-corrected chi connectivity index (χ2v) is 8.55. The van der Waals surface area contributed by atoms with Crippen molar-refractivity contribution < 1.29 is 19.1 Å². The van der Waals surface area contributed by atoms with Gasteiger partial charge in [-0.1, -0.05) is 11.6 Å². The van der Waals surface area contributed by atoms with Gasteiger partial charge < -0.3 is 20.1 Å². The Labute approximate surface area is 179 Å². The monoisotopic (exact) mass is 434 g/mol. The first-order chi connectivity index (χ1) is 13.9. The summed E-state index contributed by atoms with van der Waals surface area (Å²) in [5.41, 5.74) is 1.25. The molecule has 0 spiro atoms. The predicted octanol–water partition coefficient (Wildman–Crippen LogP) is 4.83. The van der Waals surface area contributed by atoms with Crippen molar-refractivity contribution in [1.29, 1.82) is 0 Å². The third kappa shape index (κ3) is 5.58. The number of carbonyl (C=O) groups is 2. The Kier molecular flexibility index (Phi) is 6.92. The molecule has 2 N–H and O–H groups in total. The van der Waals surface area contributed by atoms with Crippen molar-refractivity contribution in [3.8, 4) is 11.5 Å². The van der Waals surface area contributed by atoms with Crippen LogP contribution in [0.3, 0.4) is 0 Å². The first kappa shape index (κ1) is 21.3. The van der Waals surface area contributed by atoms with Gasteiger partial charge in [0.05, 0.1) is 30.2 Å². The smallest absolute Gasteiger partial charge is 0.237 e. The molecular formula is C21H23ClN2O4S. The fourth-order valence-electron chi connectivity index (χ4n) is 2.66. The molecule has 1 atom stereocenters. The highest BCUT2D eigenvalue weighted by Gasteiger charge is 2.29. The fourth-order valence-corrected chi connectivity index (χ4v) is 3.76. The molecule has 1 fully saturated rings. The van der Waals surface area contributed by atoms with Crippen LogP contribution in [-0.4, -0.2) is 31.3 Å². The van der Waals surface area contributed by atoms with Crippen LogP contribution in [0.15, 0.2) is 41.3 Å². The molecule has 0 bridgehead atoms. The van der Waals surface area contributed by atoms with Gasteiger partial charge in [-0.2, -0.15) is 0 Å². The van der Waals surface area contributed by atoms with Gasteiger partial charge in [0, 0.05) is 22.6 Å². The molecule has 154 valence electrons. The van der Waals surface area contributed by atoms with Crippen LogP contribution < -0.4 is 20.1 Å². The van der Waals surface area contributed by atoms with Gasteiger partial charge in [-0.25, -0.2) is 0 Å². The summed E-state index contributed by atoms with van der Waals surface area (Å²) >= 11 is 7.58. The molecule has 0 heterocycles. The van der Waals surface area contributed by atoms with E-state index in [1.165, 1.54) is 26.0 Å². The lowest BCUT2D eigenvalue weighted by molar-refractivity contribution is -0.117. The molecule has 1 unspecified atom stereocenters. The Hall–Kier alpha value is -2.38. The maximum atomic E-state index is 12.6. The fraction of sp³-hybridized carbons (Fsp3) is 0.333. The van der Waals surface area contributed by atoms with Crippen LogP contribution in [0.4, 0.5) is 11.4 Å². The van der Waals surface area contributed by atoms with Crippen molar-refractivity contribution in [3.05, 3.63) is 41.4 Å². The van der Waals surface area contributed by atoms with Crippen molar-refractivity contribution >= 4 is 46.6 Å². The highest BCUT2D eigenvalue weighted by molar-refractivity contribution is 8.00. The quantitative estimate of drug-likeness (QED) is 0.582. The predicted molar refractivity (Wildman–Crippen MR) is 116 cm³/mol. The summed E-state index contributed by atoms with van der Waals surface area (Å²) in [4.78, 5) is 25.4. The molecule has 2 amide bonds. The van der Waals surface area contributed by atoms with Crippen molar-refractivity contribution in [2.45, 2.75) is 29.9 Å². The van der Waals surface area contributed by atoms with E-state index in [0.717, 1.165) is 23.4 Å². The minimum atomic E-state index is -0.354. The summed E-state index contributed by atoms with van der Waals surface area (Å²) in [7, 11) is 3.03. The minimum absolute atomic E-state index is 0.0743. The summed E-state index contributed by atoms with van der Waals surface area (Å²) < 4.78 is 10.5. The number of hydrogen-bond acceptors (Lipinski definition) is 5. The maximum absolute atomic E-state index is 12.6. The van der Waals surface area contributed by atoms with Crippen molar-refractivity contribution in [1.82, 2.24) is 0 Å². The van der Waals surface area contributed by atoms with Gasteiger partial charge in [-0.3, -0.25) is 9.59 Å². The summed E-state index contributed by atoms with van der Waals surface area (Å²) in [6.07, 6.45) is 1.94. The van der Waals surface area contributed by atoms with Crippen LogP contribution in [0.25, 0.3) is 0 Å². The standard InChI is InChI=1S/C21H23ClN2O4S/c1-12(20(25)24-17-10-16(22)18(27-2)11-19(17)28-3)29-15-8-6-14(7-9-15)23-21(26)13-4-5-13/h6-13H,4-5H2,1-3H3,(H,23,26)(H,24,25). The first-order valence-electron chi connectivity index (χ1n) is 9.21. The molecule has 0 aromatic heterocycles. The van der Waals surface area contributed by atoms with Crippen LogP contribution in [0.5, 0.6) is 11.5 Å². The number of hydrogen-bond donors (Lipinski definition) is 2. The van der Waals surface area contributed by atoms with Crippen LogP contribution in [0, 0.1) is 5.92 Å². The van der Waals surface area contributed by atoms with E-state index < -0.39 is 0 Å². The van der Waals surface area contributed by atoms with E-state index in [2.05, 4.69) is 10.6 Å². The Morgan fingerprint density at radius 1 is 1.07 bits per heavy atom. The molecule has 0 radical (unpaired) electrons. The molecule has 0 aliphatic heterocycles. The van der Waals surface area contributed by atoms with E-state index in [1.54, 1.807) is 12.1 Å². The molecule has 0 saturated heterocycles. The highest BCUT2D eigenvalue weighted by Crippen LogP contribution is 2.36. The lowest BCUT2D eigenvalue weighted by Gasteiger charge is -2.16. The lowest BCUT2D eigenvalue weighted by Crippen LogP contribution is -2.22. The second kappa shape index (κ2) is 9.41. The number of halogens is 1. The number of methoxy groups -OCH3 is 2. The first-order valence-corrected chi connectivity index (χ1v) is 10.5. The third-order valence-corrected chi connectivity index (χ3v) is 5.89. The number of ether oxygens (including phenoxy) is 2. The molecule has 2 aromatic carbocycles. The van der Waals surface area contributed by atoms with Gasteiger partial charge >= 0.3 is 0 Å². The third-order valence-electron chi connectivity index (χ3n) is 4.48. The van der Waals surface area contributed by atoms with Crippen LogP contribution >= 0.6 is 23.4 Å².